The Hall–Kier alpha value is -2.70. The van der Waals surface area contributed by atoms with E-state index in [1.807, 2.05) is 6.92 Å². The van der Waals surface area contributed by atoms with E-state index in [1.54, 1.807) is 31.2 Å². The number of aryl methyl sites for hydroxylation is 1. The van der Waals surface area contributed by atoms with Crippen molar-refractivity contribution in [2.24, 2.45) is 0 Å². The molecule has 0 unspecified atom stereocenters. The SMILES string of the molecule is CCCCOC(=O)c1ccccc1Nc1nc(=O)[nH]nc1C. The molecule has 0 bridgehead atoms. The average Bonchev–Trinajstić information content (AvgIpc) is 2.51. The van der Waals surface area contributed by atoms with Gasteiger partial charge in [0.1, 0.15) is 5.69 Å². The Balaban J connectivity index is 2.23. The largest absolute Gasteiger partial charge is 0.462 e. The summed E-state index contributed by atoms with van der Waals surface area (Å²) >= 11 is 0. The molecule has 22 heavy (non-hydrogen) atoms. The number of aromatic amines is 1. The van der Waals surface area contributed by atoms with Crippen LogP contribution in [0.25, 0.3) is 0 Å². The number of hydrogen-bond acceptors (Lipinski definition) is 6. The van der Waals surface area contributed by atoms with E-state index in [0.717, 1.165) is 12.8 Å². The molecule has 2 N–H and O–H groups in total. The molecule has 116 valence electrons. The monoisotopic (exact) mass is 302 g/mol. The van der Waals surface area contributed by atoms with Crippen LogP contribution in [0.2, 0.25) is 0 Å². The van der Waals surface area contributed by atoms with Gasteiger partial charge in [-0.2, -0.15) is 10.1 Å². The van der Waals surface area contributed by atoms with Gasteiger partial charge in [-0.3, -0.25) is 0 Å². The maximum Gasteiger partial charge on any atom is 0.363 e. The van der Waals surface area contributed by atoms with Crippen LogP contribution < -0.4 is 11.0 Å². The third kappa shape index (κ3) is 3.91. The molecule has 0 saturated carbocycles. The molecule has 0 aliphatic carbocycles. The zero-order valence-electron chi connectivity index (χ0n) is 12.5. The fraction of sp³-hybridized carbons (Fsp3) is 0.333. The van der Waals surface area contributed by atoms with Crippen molar-refractivity contribution >= 4 is 17.5 Å². The number of anilines is 2. The average molecular weight is 302 g/mol. The molecule has 0 spiro atoms. The third-order valence-electron chi connectivity index (χ3n) is 3.01. The fourth-order valence-electron chi connectivity index (χ4n) is 1.80. The number of ether oxygens (including phenoxy) is 1. The molecule has 0 radical (unpaired) electrons. The lowest BCUT2D eigenvalue weighted by molar-refractivity contribution is 0.0501. The van der Waals surface area contributed by atoms with Gasteiger partial charge in [0.05, 0.1) is 17.9 Å². The minimum Gasteiger partial charge on any atom is -0.462 e. The Kier molecular flexibility index (Phi) is 5.24. The first kappa shape index (κ1) is 15.7. The molecule has 7 heteroatoms. The second-order valence-electron chi connectivity index (χ2n) is 4.73. The molecule has 0 amide bonds. The van der Waals surface area contributed by atoms with Crippen molar-refractivity contribution in [3.63, 3.8) is 0 Å². The standard InChI is InChI=1S/C15H18N4O3/c1-3-4-9-22-14(20)11-7-5-6-8-12(11)16-13-10(2)18-19-15(21)17-13/h5-8H,3-4,9H2,1-2H3,(H2,16,17,19,21). The van der Waals surface area contributed by atoms with Crippen LogP contribution in [0.5, 0.6) is 0 Å². The Bertz CT molecular complexity index is 712. The number of benzene rings is 1. The van der Waals surface area contributed by atoms with Crippen LogP contribution in [0.3, 0.4) is 0 Å². The molecule has 1 aromatic heterocycles. The number of esters is 1. The molecule has 2 aromatic rings. The van der Waals surface area contributed by atoms with E-state index in [4.69, 9.17) is 4.74 Å². The highest BCUT2D eigenvalue weighted by molar-refractivity contribution is 5.96. The Labute approximate surface area is 127 Å². The van der Waals surface area contributed by atoms with Crippen molar-refractivity contribution in [2.45, 2.75) is 26.7 Å². The Morgan fingerprint density at radius 2 is 2.14 bits per heavy atom. The Morgan fingerprint density at radius 3 is 2.91 bits per heavy atom. The summed E-state index contributed by atoms with van der Waals surface area (Å²) in [5.41, 5.74) is 0.872. The van der Waals surface area contributed by atoms with Gasteiger partial charge in [-0.05, 0) is 25.5 Å². The zero-order chi connectivity index (χ0) is 15.9. The summed E-state index contributed by atoms with van der Waals surface area (Å²) in [5.74, 6) is -0.107. The highest BCUT2D eigenvalue weighted by Crippen LogP contribution is 2.21. The maximum absolute atomic E-state index is 12.1. The predicted molar refractivity (Wildman–Crippen MR) is 82.3 cm³/mol. The lowest BCUT2D eigenvalue weighted by Crippen LogP contribution is -2.16. The fourth-order valence-corrected chi connectivity index (χ4v) is 1.80. The number of aromatic nitrogens is 3. The van der Waals surface area contributed by atoms with E-state index in [1.165, 1.54) is 0 Å². The molecular weight excluding hydrogens is 284 g/mol. The van der Waals surface area contributed by atoms with Crippen LogP contribution in [-0.4, -0.2) is 27.8 Å². The summed E-state index contributed by atoms with van der Waals surface area (Å²) in [4.78, 5) is 27.2. The first-order chi connectivity index (χ1) is 10.6. The summed E-state index contributed by atoms with van der Waals surface area (Å²) in [5, 5.41) is 9.04. The van der Waals surface area contributed by atoms with Gasteiger partial charge in [-0.15, -0.1) is 0 Å². The number of unbranched alkanes of at least 4 members (excludes halogenated alkanes) is 1. The van der Waals surface area contributed by atoms with Crippen molar-refractivity contribution in [2.75, 3.05) is 11.9 Å². The molecule has 0 aliphatic rings. The van der Waals surface area contributed by atoms with Gasteiger partial charge in [-0.25, -0.2) is 14.7 Å². The number of carbonyl (C=O) groups excluding carboxylic acids is 1. The number of H-pyrrole nitrogens is 1. The van der Waals surface area contributed by atoms with E-state index in [-0.39, 0.29) is 0 Å². The van der Waals surface area contributed by atoms with Crippen LogP contribution in [0.1, 0.15) is 35.8 Å². The van der Waals surface area contributed by atoms with Gasteiger partial charge in [0, 0.05) is 0 Å². The number of hydrogen-bond donors (Lipinski definition) is 2. The first-order valence-corrected chi connectivity index (χ1v) is 7.08. The van der Waals surface area contributed by atoms with Crippen molar-refractivity contribution in [3.8, 4) is 0 Å². The highest BCUT2D eigenvalue weighted by atomic mass is 16.5. The number of nitrogens with one attached hydrogen (secondary N) is 2. The van der Waals surface area contributed by atoms with Gasteiger partial charge in [0.25, 0.3) is 0 Å². The van der Waals surface area contributed by atoms with Crippen LogP contribution in [0.4, 0.5) is 11.5 Å². The number of carbonyl (C=O) groups is 1. The molecule has 0 saturated heterocycles. The second-order valence-corrected chi connectivity index (χ2v) is 4.73. The normalized spacial score (nSPS) is 10.3. The predicted octanol–water partition coefficient (Wildman–Crippen LogP) is 2.17. The molecule has 0 fully saturated rings. The van der Waals surface area contributed by atoms with E-state index in [2.05, 4.69) is 20.5 Å². The van der Waals surface area contributed by atoms with Crippen LogP contribution in [0, 0.1) is 6.92 Å². The number of para-hydroxylation sites is 1. The molecule has 2 rings (SSSR count). The van der Waals surface area contributed by atoms with Crippen molar-refractivity contribution < 1.29 is 9.53 Å². The van der Waals surface area contributed by atoms with Crippen molar-refractivity contribution in [1.29, 1.82) is 0 Å². The quantitative estimate of drug-likeness (QED) is 0.627. The van der Waals surface area contributed by atoms with E-state index >= 15 is 0 Å². The Morgan fingerprint density at radius 1 is 1.36 bits per heavy atom. The van der Waals surface area contributed by atoms with Gasteiger partial charge in [0.15, 0.2) is 5.82 Å². The third-order valence-corrected chi connectivity index (χ3v) is 3.01. The van der Waals surface area contributed by atoms with Gasteiger partial charge >= 0.3 is 11.7 Å². The highest BCUT2D eigenvalue weighted by Gasteiger charge is 2.14. The number of nitrogens with zero attached hydrogens (tertiary/aromatic N) is 2. The summed E-state index contributed by atoms with van der Waals surface area (Å²) < 4.78 is 5.22. The van der Waals surface area contributed by atoms with E-state index in [0.29, 0.717) is 29.4 Å². The van der Waals surface area contributed by atoms with Gasteiger partial charge < -0.3 is 10.1 Å². The second kappa shape index (κ2) is 7.35. The molecule has 7 nitrogen and oxygen atoms in total. The minimum atomic E-state index is -0.559. The summed E-state index contributed by atoms with van der Waals surface area (Å²) in [6, 6.07) is 6.91. The topological polar surface area (TPSA) is 97.0 Å². The molecule has 0 atom stereocenters. The summed E-state index contributed by atoms with van der Waals surface area (Å²) in [7, 11) is 0. The van der Waals surface area contributed by atoms with Gasteiger partial charge in [-0.1, -0.05) is 25.5 Å². The van der Waals surface area contributed by atoms with Gasteiger partial charge in [0.2, 0.25) is 0 Å². The summed E-state index contributed by atoms with van der Waals surface area (Å²) in [6.45, 7) is 4.11. The lowest BCUT2D eigenvalue weighted by Gasteiger charge is -2.11. The zero-order valence-corrected chi connectivity index (χ0v) is 12.5. The van der Waals surface area contributed by atoms with Crippen LogP contribution in [-0.2, 0) is 4.74 Å². The minimum absolute atomic E-state index is 0.303. The van der Waals surface area contributed by atoms with E-state index in [9.17, 15) is 9.59 Å². The lowest BCUT2D eigenvalue weighted by atomic mass is 10.1. The van der Waals surface area contributed by atoms with Crippen LogP contribution in [0.15, 0.2) is 29.1 Å². The molecule has 1 heterocycles. The van der Waals surface area contributed by atoms with Crippen molar-refractivity contribution in [1.82, 2.24) is 15.2 Å². The smallest absolute Gasteiger partial charge is 0.363 e. The number of rotatable bonds is 6. The van der Waals surface area contributed by atoms with E-state index < -0.39 is 11.7 Å². The summed E-state index contributed by atoms with van der Waals surface area (Å²) in [6.07, 6.45) is 1.77. The van der Waals surface area contributed by atoms with Crippen molar-refractivity contribution in [3.05, 3.63) is 46.0 Å². The first-order valence-electron chi connectivity index (χ1n) is 7.08. The molecular formula is C15H18N4O3. The van der Waals surface area contributed by atoms with Crippen LogP contribution >= 0.6 is 0 Å². The maximum atomic E-state index is 12.1. The molecule has 0 aliphatic heterocycles. The molecule has 1 aromatic carbocycles.